The molecule has 64 valence electrons. The van der Waals surface area contributed by atoms with Crippen LogP contribution in [0.4, 0.5) is 0 Å². The van der Waals surface area contributed by atoms with Gasteiger partial charge in [0.2, 0.25) is 5.91 Å². The summed E-state index contributed by atoms with van der Waals surface area (Å²) >= 11 is 0. The summed E-state index contributed by atoms with van der Waals surface area (Å²) in [7, 11) is 0. The first kappa shape index (κ1) is 9.74. The van der Waals surface area contributed by atoms with Gasteiger partial charge in [0, 0.05) is 13.5 Å². The average Bonchev–Trinajstić information content (AvgIpc) is 1.99. The fraction of sp³-hybridized carbons (Fsp3) is 0.667. The van der Waals surface area contributed by atoms with Crippen LogP contribution in [0.15, 0.2) is 5.16 Å². The molecule has 5 heteroatoms. The third-order valence-electron chi connectivity index (χ3n) is 1.31. The summed E-state index contributed by atoms with van der Waals surface area (Å²) in [6.07, 6.45) is 0. The average molecular weight is 159 g/mol. The topological polar surface area (TPSA) is 78.9 Å². The Bertz CT molecular complexity index is 167. The highest BCUT2D eigenvalue weighted by Crippen LogP contribution is 1.87. The molecule has 0 unspecified atom stereocenters. The van der Waals surface area contributed by atoms with Crippen LogP contribution >= 0.6 is 0 Å². The number of hydrogen-bond acceptors (Lipinski definition) is 3. The normalized spacial score (nSPS) is 11.3. The molecule has 1 amide bonds. The van der Waals surface area contributed by atoms with Crippen LogP contribution in [-0.4, -0.2) is 34.9 Å². The lowest BCUT2D eigenvalue weighted by atomic mass is 10.4. The number of rotatable bonds is 3. The quantitative estimate of drug-likeness (QED) is 0.254. The van der Waals surface area contributed by atoms with Gasteiger partial charge in [0.05, 0.1) is 6.54 Å². The summed E-state index contributed by atoms with van der Waals surface area (Å²) < 4.78 is 0. The van der Waals surface area contributed by atoms with Crippen molar-refractivity contribution in [3.05, 3.63) is 0 Å². The lowest BCUT2D eigenvalue weighted by Gasteiger charge is -2.16. The minimum absolute atomic E-state index is 0.0436. The van der Waals surface area contributed by atoms with E-state index in [9.17, 15) is 4.79 Å². The van der Waals surface area contributed by atoms with Gasteiger partial charge in [-0.3, -0.25) is 4.79 Å². The van der Waals surface area contributed by atoms with Gasteiger partial charge in [-0.25, -0.2) is 0 Å². The fourth-order valence-corrected chi connectivity index (χ4v) is 0.673. The van der Waals surface area contributed by atoms with Crippen LogP contribution in [0.2, 0.25) is 0 Å². The van der Waals surface area contributed by atoms with Crippen LogP contribution in [0.25, 0.3) is 0 Å². The number of carbonyl (C=O) groups excluding carboxylic acids is 1. The zero-order chi connectivity index (χ0) is 8.85. The van der Waals surface area contributed by atoms with Crippen molar-refractivity contribution in [2.75, 3.05) is 13.1 Å². The summed E-state index contributed by atoms with van der Waals surface area (Å²) in [6.45, 7) is 4.01. The standard InChI is InChI=1S/C6H13N3O2/c1-3-9(5(2)10)4-6(7)8-11/h11H,3-4H2,1-2H3,(H2,7,8). The number of amides is 1. The monoisotopic (exact) mass is 159 g/mol. The molecular formula is C6H13N3O2. The number of carbonyl (C=O) groups is 1. The van der Waals surface area contributed by atoms with Crippen molar-refractivity contribution in [2.45, 2.75) is 13.8 Å². The van der Waals surface area contributed by atoms with E-state index in [0.717, 1.165) is 0 Å². The maximum atomic E-state index is 10.8. The second-order valence-corrected chi connectivity index (χ2v) is 2.12. The van der Waals surface area contributed by atoms with E-state index in [2.05, 4.69) is 5.16 Å². The van der Waals surface area contributed by atoms with Gasteiger partial charge in [0.15, 0.2) is 5.84 Å². The van der Waals surface area contributed by atoms with E-state index in [1.807, 2.05) is 6.92 Å². The van der Waals surface area contributed by atoms with Crippen molar-refractivity contribution in [1.29, 1.82) is 0 Å². The van der Waals surface area contributed by atoms with E-state index in [1.165, 1.54) is 11.8 Å². The summed E-state index contributed by atoms with van der Waals surface area (Å²) in [5.41, 5.74) is 5.19. The third-order valence-corrected chi connectivity index (χ3v) is 1.31. The van der Waals surface area contributed by atoms with E-state index in [4.69, 9.17) is 10.9 Å². The van der Waals surface area contributed by atoms with Crippen LogP contribution in [0.3, 0.4) is 0 Å². The number of amidine groups is 1. The number of oxime groups is 1. The second kappa shape index (κ2) is 4.54. The Morgan fingerprint density at radius 3 is 2.55 bits per heavy atom. The molecule has 0 fully saturated rings. The SMILES string of the molecule is CCN(CC(N)=NO)C(C)=O. The van der Waals surface area contributed by atoms with Gasteiger partial charge in [-0.05, 0) is 6.92 Å². The van der Waals surface area contributed by atoms with Gasteiger partial charge in [-0.15, -0.1) is 0 Å². The van der Waals surface area contributed by atoms with Gasteiger partial charge in [0.25, 0.3) is 0 Å². The number of nitrogens with zero attached hydrogens (tertiary/aromatic N) is 2. The molecule has 0 atom stereocenters. The van der Waals surface area contributed by atoms with E-state index < -0.39 is 0 Å². The van der Waals surface area contributed by atoms with Crippen molar-refractivity contribution >= 4 is 11.7 Å². The number of nitrogens with two attached hydrogens (primary N) is 1. The highest BCUT2D eigenvalue weighted by Gasteiger charge is 2.06. The van der Waals surface area contributed by atoms with E-state index in [1.54, 1.807) is 0 Å². The largest absolute Gasteiger partial charge is 0.409 e. The molecule has 0 saturated heterocycles. The fourth-order valence-electron chi connectivity index (χ4n) is 0.673. The van der Waals surface area contributed by atoms with Crippen LogP contribution < -0.4 is 5.73 Å². The molecule has 0 heterocycles. The van der Waals surface area contributed by atoms with Crippen molar-refractivity contribution in [3.8, 4) is 0 Å². The molecular weight excluding hydrogens is 146 g/mol. The maximum Gasteiger partial charge on any atom is 0.219 e. The Labute approximate surface area is 65.5 Å². The van der Waals surface area contributed by atoms with E-state index in [-0.39, 0.29) is 18.3 Å². The van der Waals surface area contributed by atoms with Crippen molar-refractivity contribution < 1.29 is 10.0 Å². The van der Waals surface area contributed by atoms with Gasteiger partial charge in [-0.2, -0.15) is 0 Å². The maximum absolute atomic E-state index is 10.8. The molecule has 0 spiro atoms. The Hall–Kier alpha value is -1.26. The predicted octanol–water partition coefficient (Wildman–Crippen LogP) is -0.399. The van der Waals surface area contributed by atoms with Gasteiger partial charge in [-0.1, -0.05) is 5.16 Å². The lowest BCUT2D eigenvalue weighted by molar-refractivity contribution is -0.127. The van der Waals surface area contributed by atoms with Crippen LogP contribution in [0, 0.1) is 0 Å². The first-order chi connectivity index (χ1) is 5.11. The van der Waals surface area contributed by atoms with Crippen molar-refractivity contribution in [2.24, 2.45) is 10.9 Å². The van der Waals surface area contributed by atoms with Crippen molar-refractivity contribution in [1.82, 2.24) is 4.90 Å². The molecule has 0 aliphatic carbocycles. The van der Waals surface area contributed by atoms with Crippen molar-refractivity contribution in [3.63, 3.8) is 0 Å². The predicted molar refractivity (Wildman–Crippen MR) is 41.3 cm³/mol. The molecule has 3 N–H and O–H groups in total. The van der Waals surface area contributed by atoms with E-state index >= 15 is 0 Å². The molecule has 0 aliphatic heterocycles. The highest BCUT2D eigenvalue weighted by atomic mass is 16.4. The Morgan fingerprint density at radius 2 is 2.27 bits per heavy atom. The molecule has 0 aromatic heterocycles. The minimum Gasteiger partial charge on any atom is -0.409 e. The smallest absolute Gasteiger partial charge is 0.219 e. The molecule has 0 aromatic rings. The molecule has 11 heavy (non-hydrogen) atoms. The molecule has 0 radical (unpaired) electrons. The summed E-state index contributed by atoms with van der Waals surface area (Å²) in [4.78, 5) is 12.2. The molecule has 0 saturated carbocycles. The Morgan fingerprint density at radius 1 is 1.73 bits per heavy atom. The summed E-state index contributed by atoms with van der Waals surface area (Å²) in [6, 6.07) is 0. The number of hydrogen-bond donors (Lipinski definition) is 2. The Balaban J connectivity index is 3.98. The van der Waals surface area contributed by atoms with Crippen LogP contribution in [0.1, 0.15) is 13.8 Å². The summed E-state index contributed by atoms with van der Waals surface area (Å²) in [5, 5.41) is 10.9. The highest BCUT2D eigenvalue weighted by molar-refractivity contribution is 5.86. The third kappa shape index (κ3) is 3.44. The van der Waals surface area contributed by atoms with Gasteiger partial charge >= 0.3 is 0 Å². The zero-order valence-electron chi connectivity index (χ0n) is 6.74. The first-order valence-electron chi connectivity index (χ1n) is 3.33. The zero-order valence-corrected chi connectivity index (χ0v) is 6.74. The summed E-state index contributed by atoms with van der Waals surface area (Å²) in [5.74, 6) is -0.0406. The Kier molecular flexibility index (Phi) is 4.02. The molecule has 0 aromatic carbocycles. The van der Waals surface area contributed by atoms with Gasteiger partial charge < -0.3 is 15.8 Å². The number of likely N-dealkylation sites (N-methyl/N-ethyl adjacent to an activating group) is 1. The molecule has 0 bridgehead atoms. The molecule has 5 nitrogen and oxygen atoms in total. The molecule has 0 aliphatic rings. The minimum atomic E-state index is -0.0842. The first-order valence-corrected chi connectivity index (χ1v) is 3.33. The van der Waals surface area contributed by atoms with Gasteiger partial charge in [0.1, 0.15) is 0 Å². The second-order valence-electron chi connectivity index (χ2n) is 2.12. The van der Waals surface area contributed by atoms with Crippen LogP contribution in [0.5, 0.6) is 0 Å². The molecule has 0 rings (SSSR count). The van der Waals surface area contributed by atoms with Crippen LogP contribution in [-0.2, 0) is 4.79 Å². The lowest BCUT2D eigenvalue weighted by Crippen LogP contribution is -2.36. The van der Waals surface area contributed by atoms with E-state index in [0.29, 0.717) is 6.54 Å².